The maximum Gasteiger partial charge on any atom is 0.0611 e. The Hall–Kier alpha value is -0.120. The Labute approximate surface area is 125 Å². The molecule has 2 N–H and O–H groups in total. The van der Waals surface area contributed by atoms with Crippen LogP contribution in [0.15, 0.2) is 0 Å². The largest absolute Gasteiger partial charge is 0.394 e. The summed E-state index contributed by atoms with van der Waals surface area (Å²) in [7, 11) is 0. The van der Waals surface area contributed by atoms with E-state index in [1.165, 1.54) is 45.2 Å². The van der Waals surface area contributed by atoms with Crippen molar-refractivity contribution < 1.29 is 5.11 Å². The van der Waals surface area contributed by atoms with Crippen LogP contribution in [0.4, 0.5) is 0 Å². The van der Waals surface area contributed by atoms with Gasteiger partial charge in [-0.2, -0.15) is 0 Å². The number of nitrogens with one attached hydrogen (secondary N) is 1. The van der Waals surface area contributed by atoms with Crippen LogP contribution in [0.2, 0.25) is 0 Å². The molecule has 0 amide bonds. The van der Waals surface area contributed by atoms with Crippen LogP contribution in [0.1, 0.15) is 58.8 Å². The van der Waals surface area contributed by atoms with Crippen LogP contribution in [0.25, 0.3) is 0 Å². The third-order valence-corrected chi connectivity index (χ3v) is 5.51. The van der Waals surface area contributed by atoms with Crippen molar-refractivity contribution in [3.63, 3.8) is 0 Å². The molecule has 2 rings (SSSR count). The quantitative estimate of drug-likeness (QED) is 0.753. The summed E-state index contributed by atoms with van der Waals surface area (Å²) in [6.45, 7) is 9.30. The fraction of sp³-hybridized carbons (Fsp3) is 1.00. The second-order valence-corrected chi connectivity index (χ2v) is 7.29. The van der Waals surface area contributed by atoms with Gasteiger partial charge in [-0.05, 0) is 64.1 Å². The Kier molecular flexibility index (Phi) is 6.31. The summed E-state index contributed by atoms with van der Waals surface area (Å²) in [5, 5.41) is 13.2. The van der Waals surface area contributed by atoms with Gasteiger partial charge in [0.2, 0.25) is 0 Å². The molecule has 3 unspecified atom stereocenters. The minimum atomic E-state index is -0.0978. The third kappa shape index (κ3) is 4.44. The molecule has 20 heavy (non-hydrogen) atoms. The fourth-order valence-corrected chi connectivity index (χ4v) is 3.93. The van der Waals surface area contributed by atoms with Gasteiger partial charge in [0, 0.05) is 12.1 Å². The minimum Gasteiger partial charge on any atom is -0.394 e. The molecule has 2 aliphatic rings. The molecule has 2 fully saturated rings. The van der Waals surface area contributed by atoms with Crippen molar-refractivity contribution in [1.29, 1.82) is 0 Å². The zero-order chi connectivity index (χ0) is 14.4. The summed E-state index contributed by atoms with van der Waals surface area (Å²) in [6, 6.07) is 0. The van der Waals surface area contributed by atoms with Gasteiger partial charge in [-0.3, -0.25) is 0 Å². The average Bonchev–Trinajstić information content (AvgIpc) is 2.51. The molecular formula is C17H34N2O. The number of likely N-dealkylation sites (tertiary alicyclic amines) is 1. The lowest BCUT2D eigenvalue weighted by atomic mass is 9.75. The van der Waals surface area contributed by atoms with Crippen LogP contribution >= 0.6 is 0 Å². The molecule has 1 aliphatic heterocycles. The molecule has 0 spiro atoms. The van der Waals surface area contributed by atoms with E-state index in [1.807, 2.05) is 0 Å². The van der Waals surface area contributed by atoms with Crippen LogP contribution in [0.3, 0.4) is 0 Å². The van der Waals surface area contributed by atoms with Crippen molar-refractivity contribution >= 4 is 0 Å². The molecule has 0 aromatic rings. The Bertz CT molecular complexity index is 284. The van der Waals surface area contributed by atoms with Crippen LogP contribution in [-0.4, -0.2) is 48.3 Å². The van der Waals surface area contributed by atoms with E-state index < -0.39 is 0 Å². The molecule has 3 nitrogen and oxygen atoms in total. The summed E-state index contributed by atoms with van der Waals surface area (Å²) in [4.78, 5) is 2.65. The summed E-state index contributed by atoms with van der Waals surface area (Å²) < 4.78 is 0. The second-order valence-electron chi connectivity index (χ2n) is 7.29. The van der Waals surface area contributed by atoms with Gasteiger partial charge in [0.05, 0.1) is 6.61 Å². The van der Waals surface area contributed by atoms with E-state index in [-0.39, 0.29) is 12.1 Å². The fourth-order valence-electron chi connectivity index (χ4n) is 3.93. The lowest BCUT2D eigenvalue weighted by Crippen LogP contribution is -2.50. The van der Waals surface area contributed by atoms with Gasteiger partial charge in [-0.15, -0.1) is 0 Å². The Morgan fingerprint density at radius 1 is 1.20 bits per heavy atom. The second kappa shape index (κ2) is 7.77. The minimum absolute atomic E-state index is 0.0978. The summed E-state index contributed by atoms with van der Waals surface area (Å²) in [5.41, 5.74) is -0.0978. The number of hydrogen-bond acceptors (Lipinski definition) is 3. The highest BCUT2D eigenvalue weighted by Gasteiger charge is 2.32. The predicted molar refractivity (Wildman–Crippen MR) is 84.9 cm³/mol. The van der Waals surface area contributed by atoms with E-state index >= 15 is 0 Å². The summed E-state index contributed by atoms with van der Waals surface area (Å²) >= 11 is 0. The monoisotopic (exact) mass is 282 g/mol. The van der Waals surface area contributed by atoms with Gasteiger partial charge >= 0.3 is 0 Å². The van der Waals surface area contributed by atoms with Crippen LogP contribution in [0, 0.1) is 11.8 Å². The molecule has 1 saturated carbocycles. The Morgan fingerprint density at radius 2 is 1.95 bits per heavy atom. The Balaban J connectivity index is 1.75. The van der Waals surface area contributed by atoms with Crippen molar-refractivity contribution in [1.82, 2.24) is 10.2 Å². The zero-order valence-corrected chi connectivity index (χ0v) is 13.5. The number of piperidine rings is 1. The van der Waals surface area contributed by atoms with Gasteiger partial charge in [0.15, 0.2) is 0 Å². The van der Waals surface area contributed by atoms with Crippen molar-refractivity contribution in [2.24, 2.45) is 11.8 Å². The number of aliphatic hydroxyl groups excluding tert-OH is 1. The molecule has 0 radical (unpaired) electrons. The standard InChI is InChI=1S/C17H34N2O/c1-3-10-18-17(2,14-20)9-12-19-11-8-15-6-4-5-7-16(15)13-19/h15-16,18,20H,3-14H2,1-2H3. The number of hydrogen-bond donors (Lipinski definition) is 2. The smallest absolute Gasteiger partial charge is 0.0611 e. The number of aliphatic hydroxyl groups is 1. The van der Waals surface area contributed by atoms with E-state index in [1.54, 1.807) is 0 Å². The number of rotatable bonds is 7. The van der Waals surface area contributed by atoms with Crippen molar-refractivity contribution in [3.8, 4) is 0 Å². The summed E-state index contributed by atoms with van der Waals surface area (Å²) in [6.07, 6.45) is 9.43. The van der Waals surface area contributed by atoms with Gasteiger partial charge in [0.1, 0.15) is 0 Å². The van der Waals surface area contributed by atoms with Crippen LogP contribution in [-0.2, 0) is 0 Å². The molecule has 0 aromatic carbocycles. The predicted octanol–water partition coefficient (Wildman–Crippen LogP) is 2.64. The first-order chi connectivity index (χ1) is 9.67. The zero-order valence-electron chi connectivity index (χ0n) is 13.5. The molecular weight excluding hydrogens is 248 g/mol. The normalized spacial score (nSPS) is 30.8. The maximum absolute atomic E-state index is 9.65. The lowest BCUT2D eigenvalue weighted by molar-refractivity contribution is 0.0728. The molecule has 0 bridgehead atoms. The molecule has 118 valence electrons. The summed E-state index contributed by atoms with van der Waals surface area (Å²) in [5.74, 6) is 1.98. The van der Waals surface area contributed by atoms with Gasteiger partial charge in [-0.1, -0.05) is 26.2 Å². The molecule has 0 aromatic heterocycles. The first-order valence-corrected chi connectivity index (χ1v) is 8.75. The van der Waals surface area contributed by atoms with E-state index in [0.29, 0.717) is 0 Å². The van der Waals surface area contributed by atoms with Crippen molar-refractivity contribution in [2.75, 3.05) is 32.8 Å². The number of nitrogens with zero attached hydrogens (tertiary/aromatic N) is 1. The highest BCUT2D eigenvalue weighted by molar-refractivity contribution is 4.87. The van der Waals surface area contributed by atoms with Gasteiger partial charge in [-0.25, -0.2) is 0 Å². The third-order valence-electron chi connectivity index (χ3n) is 5.51. The first-order valence-electron chi connectivity index (χ1n) is 8.75. The molecule has 3 heteroatoms. The van der Waals surface area contributed by atoms with Gasteiger partial charge in [0.25, 0.3) is 0 Å². The number of fused-ring (bicyclic) bond motifs is 1. The SMILES string of the molecule is CCCNC(C)(CO)CCN1CCC2CCCCC2C1. The average molecular weight is 282 g/mol. The molecule has 1 aliphatic carbocycles. The van der Waals surface area contributed by atoms with E-state index in [4.69, 9.17) is 0 Å². The highest BCUT2D eigenvalue weighted by Crippen LogP contribution is 2.36. The van der Waals surface area contributed by atoms with Crippen LogP contribution in [0.5, 0.6) is 0 Å². The molecule has 3 atom stereocenters. The van der Waals surface area contributed by atoms with Crippen LogP contribution < -0.4 is 5.32 Å². The first kappa shape index (κ1) is 16.3. The van der Waals surface area contributed by atoms with E-state index in [2.05, 4.69) is 24.1 Å². The molecule has 1 saturated heterocycles. The maximum atomic E-state index is 9.65. The van der Waals surface area contributed by atoms with Gasteiger partial charge < -0.3 is 15.3 Å². The van der Waals surface area contributed by atoms with E-state index in [9.17, 15) is 5.11 Å². The van der Waals surface area contributed by atoms with Crippen molar-refractivity contribution in [3.05, 3.63) is 0 Å². The van der Waals surface area contributed by atoms with E-state index in [0.717, 1.165) is 37.8 Å². The Morgan fingerprint density at radius 3 is 2.65 bits per heavy atom. The van der Waals surface area contributed by atoms with Crippen molar-refractivity contribution in [2.45, 2.75) is 64.3 Å². The molecule has 1 heterocycles. The lowest BCUT2D eigenvalue weighted by Gasteiger charge is -2.42. The highest BCUT2D eigenvalue weighted by atomic mass is 16.3. The topological polar surface area (TPSA) is 35.5 Å².